The third-order valence-corrected chi connectivity index (χ3v) is 4.86. The quantitative estimate of drug-likeness (QED) is 0.870. The predicted molar refractivity (Wildman–Crippen MR) is 102 cm³/mol. The van der Waals surface area contributed by atoms with Crippen molar-refractivity contribution in [2.45, 2.75) is 6.04 Å². The normalized spacial score (nSPS) is 16.8. The molecule has 1 amide bonds. The number of nitrogens with zero attached hydrogens (tertiary/aromatic N) is 2. The first-order chi connectivity index (χ1) is 12.5. The van der Waals surface area contributed by atoms with Crippen LogP contribution in [0.15, 0.2) is 36.4 Å². The molecule has 3 rings (SSSR count). The number of nitrogens with one attached hydrogen (secondary N) is 1. The number of ether oxygens (including phenoxy) is 1. The maximum absolute atomic E-state index is 13.0. The smallest absolute Gasteiger partial charge is 0.257 e. The molecule has 1 N–H and O–H groups in total. The molecule has 1 unspecified atom stereocenters. The second-order valence-electron chi connectivity index (χ2n) is 5.93. The lowest BCUT2D eigenvalue weighted by atomic mass is 10.0. The number of rotatable bonds is 3. The van der Waals surface area contributed by atoms with E-state index in [9.17, 15) is 4.79 Å². The Kier molecular flexibility index (Phi) is 5.67. The van der Waals surface area contributed by atoms with E-state index in [0.717, 1.165) is 11.1 Å². The molecule has 1 saturated heterocycles. The predicted octanol–water partition coefficient (Wildman–Crippen LogP) is 3.61. The van der Waals surface area contributed by atoms with Crippen molar-refractivity contribution >= 4 is 29.1 Å². The monoisotopic (exact) mass is 389 g/mol. The first-order valence-electron chi connectivity index (χ1n) is 8.09. The lowest BCUT2D eigenvalue weighted by Crippen LogP contribution is -2.52. The van der Waals surface area contributed by atoms with E-state index in [4.69, 9.17) is 33.2 Å². The van der Waals surface area contributed by atoms with Crippen molar-refractivity contribution in [1.29, 1.82) is 5.26 Å². The first kappa shape index (κ1) is 18.5. The molecule has 26 heavy (non-hydrogen) atoms. The lowest BCUT2D eigenvalue weighted by molar-refractivity contribution is 0.0716. The largest absolute Gasteiger partial charge is 0.496 e. The summed E-state index contributed by atoms with van der Waals surface area (Å²) >= 11 is 12.4. The molecule has 1 atom stereocenters. The van der Waals surface area contributed by atoms with Gasteiger partial charge in [0, 0.05) is 36.3 Å². The van der Waals surface area contributed by atoms with Crippen LogP contribution in [0, 0.1) is 11.3 Å². The highest BCUT2D eigenvalue weighted by atomic mass is 35.5. The van der Waals surface area contributed by atoms with Crippen molar-refractivity contribution in [3.63, 3.8) is 0 Å². The highest BCUT2D eigenvalue weighted by molar-refractivity contribution is 6.34. The molecule has 0 aliphatic carbocycles. The van der Waals surface area contributed by atoms with Crippen molar-refractivity contribution in [3.8, 4) is 22.9 Å². The fourth-order valence-electron chi connectivity index (χ4n) is 2.93. The van der Waals surface area contributed by atoms with Crippen LogP contribution in [0.2, 0.25) is 10.0 Å². The van der Waals surface area contributed by atoms with Gasteiger partial charge in [-0.3, -0.25) is 10.1 Å². The molecule has 0 bridgehead atoms. The molecule has 0 saturated carbocycles. The minimum Gasteiger partial charge on any atom is -0.496 e. The van der Waals surface area contributed by atoms with E-state index >= 15 is 0 Å². The Balaban J connectivity index is 2.00. The molecule has 1 heterocycles. The lowest BCUT2D eigenvalue weighted by Gasteiger charge is -2.31. The highest BCUT2D eigenvalue weighted by Crippen LogP contribution is 2.35. The van der Waals surface area contributed by atoms with Gasteiger partial charge in [-0.2, -0.15) is 5.26 Å². The number of nitriles is 1. The van der Waals surface area contributed by atoms with Gasteiger partial charge in [0.25, 0.3) is 5.91 Å². The maximum Gasteiger partial charge on any atom is 0.257 e. The Morgan fingerprint density at radius 2 is 2.04 bits per heavy atom. The molecule has 134 valence electrons. The molecule has 1 aliphatic heterocycles. The van der Waals surface area contributed by atoms with Gasteiger partial charge in [0.15, 0.2) is 0 Å². The van der Waals surface area contributed by atoms with E-state index in [1.807, 2.05) is 12.1 Å². The van der Waals surface area contributed by atoms with Crippen LogP contribution >= 0.6 is 23.2 Å². The van der Waals surface area contributed by atoms with Crippen molar-refractivity contribution in [1.82, 2.24) is 10.2 Å². The summed E-state index contributed by atoms with van der Waals surface area (Å²) in [5.74, 6) is 0.222. The van der Waals surface area contributed by atoms with Crippen molar-refractivity contribution in [2.24, 2.45) is 0 Å². The molecule has 1 fully saturated rings. The summed E-state index contributed by atoms with van der Waals surface area (Å²) in [5.41, 5.74) is 1.99. The zero-order chi connectivity index (χ0) is 18.7. The number of carbonyl (C=O) groups is 1. The van der Waals surface area contributed by atoms with Gasteiger partial charge in [0.1, 0.15) is 11.8 Å². The van der Waals surface area contributed by atoms with E-state index in [0.29, 0.717) is 41.0 Å². The standard InChI is InChI=1S/C19H17Cl2N3O2/c1-26-18-9-17(21)15(12-2-4-13(20)5-3-12)8-16(18)19(25)24-7-6-23-14(10-22)11-24/h2-5,8-9,14,23H,6-7,11H2,1H3. The number of benzene rings is 2. The number of hydrogen-bond acceptors (Lipinski definition) is 4. The summed E-state index contributed by atoms with van der Waals surface area (Å²) in [7, 11) is 1.50. The van der Waals surface area contributed by atoms with Crippen molar-refractivity contribution in [2.75, 3.05) is 26.7 Å². The van der Waals surface area contributed by atoms with E-state index < -0.39 is 0 Å². The van der Waals surface area contributed by atoms with Gasteiger partial charge < -0.3 is 9.64 Å². The SMILES string of the molecule is COc1cc(Cl)c(-c2ccc(Cl)cc2)cc1C(=O)N1CCNC(C#N)C1. The third kappa shape index (κ3) is 3.78. The summed E-state index contributed by atoms with van der Waals surface area (Å²) in [6, 6.07) is 12.4. The number of piperazine rings is 1. The Morgan fingerprint density at radius 3 is 2.69 bits per heavy atom. The van der Waals surface area contributed by atoms with Gasteiger partial charge in [-0.15, -0.1) is 0 Å². The van der Waals surface area contributed by atoms with Gasteiger partial charge in [-0.25, -0.2) is 0 Å². The summed E-state index contributed by atoms with van der Waals surface area (Å²) in [6.07, 6.45) is 0. The van der Waals surface area contributed by atoms with E-state index in [1.54, 1.807) is 29.2 Å². The average molecular weight is 390 g/mol. The van der Waals surface area contributed by atoms with Crippen LogP contribution in [0.3, 0.4) is 0 Å². The summed E-state index contributed by atoms with van der Waals surface area (Å²) in [5, 5.41) is 13.3. The molecule has 0 aromatic heterocycles. The summed E-state index contributed by atoms with van der Waals surface area (Å²) in [6.45, 7) is 1.43. The second kappa shape index (κ2) is 7.96. The Bertz CT molecular complexity index is 862. The number of hydrogen-bond donors (Lipinski definition) is 1. The number of amides is 1. The highest BCUT2D eigenvalue weighted by Gasteiger charge is 2.26. The molecule has 0 spiro atoms. The topological polar surface area (TPSA) is 65.4 Å². The molecular formula is C19H17Cl2N3O2. The Hall–Kier alpha value is -2.26. The van der Waals surface area contributed by atoms with Crippen LogP contribution < -0.4 is 10.1 Å². The summed E-state index contributed by atoms with van der Waals surface area (Å²) in [4.78, 5) is 14.7. The molecule has 5 nitrogen and oxygen atoms in total. The van der Waals surface area contributed by atoms with E-state index in [-0.39, 0.29) is 11.9 Å². The van der Waals surface area contributed by atoms with Crippen LogP contribution in [0.5, 0.6) is 5.75 Å². The van der Waals surface area contributed by atoms with Crippen molar-refractivity contribution < 1.29 is 9.53 Å². The molecular weight excluding hydrogens is 373 g/mol. The van der Waals surface area contributed by atoms with Crippen LogP contribution in [-0.4, -0.2) is 43.6 Å². The maximum atomic E-state index is 13.0. The zero-order valence-corrected chi connectivity index (χ0v) is 15.6. The summed E-state index contributed by atoms with van der Waals surface area (Å²) < 4.78 is 5.37. The van der Waals surface area contributed by atoms with E-state index in [1.165, 1.54) is 7.11 Å². The second-order valence-corrected chi connectivity index (χ2v) is 6.77. The molecule has 1 aliphatic rings. The molecule has 0 radical (unpaired) electrons. The van der Waals surface area contributed by atoms with Crippen LogP contribution in [0.25, 0.3) is 11.1 Å². The van der Waals surface area contributed by atoms with Gasteiger partial charge >= 0.3 is 0 Å². The van der Waals surface area contributed by atoms with E-state index in [2.05, 4.69) is 11.4 Å². The Morgan fingerprint density at radius 1 is 1.31 bits per heavy atom. The van der Waals surface area contributed by atoms with Gasteiger partial charge in [-0.1, -0.05) is 35.3 Å². The van der Waals surface area contributed by atoms with Crippen molar-refractivity contribution in [3.05, 3.63) is 52.0 Å². The minimum absolute atomic E-state index is 0.185. The number of halogens is 2. The number of methoxy groups -OCH3 is 1. The average Bonchev–Trinajstić information content (AvgIpc) is 2.68. The van der Waals surface area contributed by atoms with Gasteiger partial charge in [0.05, 0.1) is 23.8 Å². The molecule has 2 aromatic carbocycles. The zero-order valence-electron chi connectivity index (χ0n) is 14.1. The minimum atomic E-state index is -0.373. The third-order valence-electron chi connectivity index (χ3n) is 4.29. The number of carbonyl (C=O) groups excluding carboxylic acids is 1. The van der Waals surface area contributed by atoms with Crippen LogP contribution in [0.1, 0.15) is 10.4 Å². The van der Waals surface area contributed by atoms with Crippen LogP contribution in [0.4, 0.5) is 0 Å². The van der Waals surface area contributed by atoms with Crippen LogP contribution in [-0.2, 0) is 0 Å². The van der Waals surface area contributed by atoms with Gasteiger partial charge in [-0.05, 0) is 23.8 Å². The fourth-order valence-corrected chi connectivity index (χ4v) is 3.32. The Labute approximate surface area is 162 Å². The molecule has 7 heteroatoms. The first-order valence-corrected chi connectivity index (χ1v) is 8.85. The van der Waals surface area contributed by atoms with Gasteiger partial charge in [0.2, 0.25) is 0 Å². The molecule has 2 aromatic rings. The fraction of sp³-hybridized carbons (Fsp3) is 0.263.